The molecule has 0 fully saturated rings. The highest BCUT2D eigenvalue weighted by atomic mass is 35.5. The number of aromatic amines is 1. The van der Waals surface area contributed by atoms with Crippen LogP contribution in [0.2, 0.25) is 5.02 Å². The van der Waals surface area contributed by atoms with Crippen molar-refractivity contribution in [3.8, 4) is 5.75 Å². The first-order valence-corrected chi connectivity index (χ1v) is 8.10. The summed E-state index contributed by atoms with van der Waals surface area (Å²) in [6, 6.07) is 14.8. The molecule has 0 amide bonds. The third kappa shape index (κ3) is 4.20. The summed E-state index contributed by atoms with van der Waals surface area (Å²) in [5.74, 6) is 0.614. The van der Waals surface area contributed by atoms with Crippen LogP contribution < -0.4 is 10.3 Å². The average Bonchev–Trinajstić information content (AvgIpc) is 2.61. The van der Waals surface area contributed by atoms with Crippen molar-refractivity contribution in [1.82, 2.24) is 14.9 Å². The zero-order valence-electron chi connectivity index (χ0n) is 12.9. The van der Waals surface area contributed by atoms with Crippen molar-refractivity contribution >= 4 is 30.0 Å². The number of ether oxygens (including phenoxy) is 1. The van der Waals surface area contributed by atoms with Crippen LogP contribution in [-0.4, -0.2) is 21.1 Å². The molecule has 1 aromatic heterocycles. The lowest BCUT2D eigenvalue weighted by molar-refractivity contribution is 0.306. The van der Waals surface area contributed by atoms with Gasteiger partial charge in [0.25, 0.3) is 5.56 Å². The summed E-state index contributed by atoms with van der Waals surface area (Å²) in [6.45, 7) is 0.319. The first kappa shape index (κ1) is 17.1. The van der Waals surface area contributed by atoms with Gasteiger partial charge in [-0.15, -0.1) is 0 Å². The molecule has 0 aliphatic heterocycles. The van der Waals surface area contributed by atoms with Crippen LogP contribution in [0.4, 0.5) is 0 Å². The van der Waals surface area contributed by atoms with Crippen molar-refractivity contribution in [2.45, 2.75) is 6.61 Å². The second kappa shape index (κ2) is 7.87. The third-order valence-corrected chi connectivity index (χ3v) is 3.94. The Morgan fingerprint density at radius 1 is 1.24 bits per heavy atom. The molecule has 0 aliphatic carbocycles. The van der Waals surface area contributed by atoms with Gasteiger partial charge in [-0.25, -0.2) is 0 Å². The van der Waals surface area contributed by atoms with Gasteiger partial charge in [0.1, 0.15) is 18.6 Å². The third-order valence-electron chi connectivity index (χ3n) is 3.31. The number of hydrogen-bond acceptors (Lipinski definition) is 5. The van der Waals surface area contributed by atoms with E-state index in [-0.39, 0.29) is 4.77 Å². The normalized spacial score (nSPS) is 10.9. The van der Waals surface area contributed by atoms with Gasteiger partial charge in [0.2, 0.25) is 4.77 Å². The van der Waals surface area contributed by atoms with E-state index in [9.17, 15) is 4.79 Å². The molecule has 6 nitrogen and oxygen atoms in total. The standard InChI is InChI=1S/C17H13ClN4O2S/c18-14-7-3-1-6-13(14)11-24-15-8-4-2-5-12(15)9-20-22-16(23)10-19-21-17(22)25/h1-10H,11H2,(H,21,25)/b20-9+. The molecule has 0 radical (unpaired) electrons. The predicted octanol–water partition coefficient (Wildman–Crippen LogP) is 3.42. The lowest BCUT2D eigenvalue weighted by atomic mass is 10.2. The summed E-state index contributed by atoms with van der Waals surface area (Å²) in [4.78, 5) is 11.7. The van der Waals surface area contributed by atoms with Crippen LogP contribution in [0.25, 0.3) is 0 Å². The Kier molecular flexibility index (Phi) is 5.37. The van der Waals surface area contributed by atoms with Crippen molar-refractivity contribution < 1.29 is 4.74 Å². The highest BCUT2D eigenvalue weighted by Crippen LogP contribution is 2.20. The van der Waals surface area contributed by atoms with Gasteiger partial charge in [0.05, 0.1) is 6.21 Å². The van der Waals surface area contributed by atoms with Crippen molar-refractivity contribution in [3.05, 3.63) is 86.0 Å². The van der Waals surface area contributed by atoms with Gasteiger partial charge in [0.15, 0.2) is 0 Å². The second-order valence-electron chi connectivity index (χ2n) is 4.99. The fourth-order valence-corrected chi connectivity index (χ4v) is 2.44. The Labute approximate surface area is 153 Å². The molecule has 0 saturated carbocycles. The molecule has 2 aromatic carbocycles. The van der Waals surface area contributed by atoms with E-state index in [0.29, 0.717) is 22.9 Å². The van der Waals surface area contributed by atoms with Gasteiger partial charge in [-0.05, 0) is 30.4 Å². The fourth-order valence-electron chi connectivity index (χ4n) is 2.06. The topological polar surface area (TPSA) is 72.3 Å². The minimum absolute atomic E-state index is 0.109. The number of hydrogen-bond donors (Lipinski definition) is 1. The Morgan fingerprint density at radius 3 is 2.80 bits per heavy atom. The van der Waals surface area contributed by atoms with Crippen molar-refractivity contribution in [3.63, 3.8) is 0 Å². The highest BCUT2D eigenvalue weighted by molar-refractivity contribution is 7.71. The molecule has 3 aromatic rings. The molecular weight excluding hydrogens is 360 g/mol. The van der Waals surface area contributed by atoms with Gasteiger partial charge in [-0.2, -0.15) is 14.9 Å². The van der Waals surface area contributed by atoms with Crippen molar-refractivity contribution in [2.75, 3.05) is 0 Å². The van der Waals surface area contributed by atoms with Crippen LogP contribution in [-0.2, 0) is 6.61 Å². The Morgan fingerprint density at radius 2 is 2.00 bits per heavy atom. The molecule has 0 aliphatic rings. The van der Waals surface area contributed by atoms with E-state index in [1.807, 2.05) is 48.5 Å². The predicted molar refractivity (Wildman–Crippen MR) is 98.9 cm³/mol. The number of nitrogens with zero attached hydrogens (tertiary/aromatic N) is 3. The van der Waals surface area contributed by atoms with Crippen LogP contribution in [0.1, 0.15) is 11.1 Å². The molecule has 25 heavy (non-hydrogen) atoms. The molecule has 0 atom stereocenters. The second-order valence-corrected chi connectivity index (χ2v) is 5.78. The number of H-pyrrole nitrogens is 1. The zero-order valence-corrected chi connectivity index (χ0v) is 14.5. The van der Waals surface area contributed by atoms with Crippen LogP contribution >= 0.6 is 23.8 Å². The van der Waals surface area contributed by atoms with E-state index >= 15 is 0 Å². The lowest BCUT2D eigenvalue weighted by Crippen LogP contribution is -2.18. The molecule has 126 valence electrons. The maximum Gasteiger partial charge on any atom is 0.293 e. The van der Waals surface area contributed by atoms with Gasteiger partial charge in [-0.1, -0.05) is 41.9 Å². The van der Waals surface area contributed by atoms with Gasteiger partial charge in [-0.3, -0.25) is 9.89 Å². The monoisotopic (exact) mass is 372 g/mol. The van der Waals surface area contributed by atoms with E-state index in [1.165, 1.54) is 6.21 Å². The molecule has 8 heteroatoms. The summed E-state index contributed by atoms with van der Waals surface area (Å²) in [5.41, 5.74) is 1.16. The van der Waals surface area contributed by atoms with Crippen molar-refractivity contribution in [2.24, 2.45) is 5.10 Å². The minimum Gasteiger partial charge on any atom is -0.488 e. The number of aromatic nitrogens is 3. The number of para-hydroxylation sites is 1. The van der Waals surface area contributed by atoms with Crippen LogP contribution in [0, 0.1) is 4.77 Å². The first-order chi connectivity index (χ1) is 12.1. The van der Waals surface area contributed by atoms with E-state index in [1.54, 1.807) is 0 Å². The van der Waals surface area contributed by atoms with Crippen LogP contribution in [0.15, 0.2) is 64.6 Å². The van der Waals surface area contributed by atoms with E-state index in [4.69, 9.17) is 28.6 Å². The maximum absolute atomic E-state index is 11.7. The molecule has 0 saturated heterocycles. The van der Waals surface area contributed by atoms with E-state index < -0.39 is 5.56 Å². The maximum atomic E-state index is 11.7. The summed E-state index contributed by atoms with van der Waals surface area (Å²) >= 11 is 11.1. The van der Waals surface area contributed by atoms with Crippen LogP contribution in [0.3, 0.4) is 0 Å². The summed E-state index contributed by atoms with van der Waals surface area (Å²) in [7, 11) is 0. The molecule has 3 rings (SSSR count). The Hall–Kier alpha value is -2.77. The Balaban J connectivity index is 1.84. The quantitative estimate of drug-likeness (QED) is 0.550. The number of nitrogens with one attached hydrogen (secondary N) is 1. The molecule has 0 bridgehead atoms. The first-order valence-electron chi connectivity index (χ1n) is 7.31. The van der Waals surface area contributed by atoms with Gasteiger partial charge in [0, 0.05) is 16.1 Å². The molecule has 1 N–H and O–H groups in total. The summed E-state index contributed by atoms with van der Waals surface area (Å²) in [6.07, 6.45) is 2.61. The van der Waals surface area contributed by atoms with E-state index in [0.717, 1.165) is 16.4 Å². The van der Waals surface area contributed by atoms with Crippen molar-refractivity contribution in [1.29, 1.82) is 0 Å². The summed E-state index contributed by atoms with van der Waals surface area (Å²) in [5, 5.41) is 10.9. The largest absolute Gasteiger partial charge is 0.488 e. The molecule has 0 spiro atoms. The average molecular weight is 373 g/mol. The number of benzene rings is 2. The summed E-state index contributed by atoms with van der Waals surface area (Å²) < 4.78 is 7.00. The lowest BCUT2D eigenvalue weighted by Gasteiger charge is -2.10. The fraction of sp³-hybridized carbons (Fsp3) is 0.0588. The Bertz CT molecular complexity index is 1000. The minimum atomic E-state index is -0.422. The number of rotatable bonds is 5. The van der Waals surface area contributed by atoms with Crippen LogP contribution in [0.5, 0.6) is 5.75 Å². The SMILES string of the molecule is O=c1cn[nH]c(=S)n1/N=C/c1ccccc1OCc1ccccc1Cl. The zero-order chi connectivity index (χ0) is 17.6. The smallest absolute Gasteiger partial charge is 0.293 e. The number of halogens is 1. The van der Waals surface area contributed by atoms with Gasteiger partial charge < -0.3 is 4.74 Å². The van der Waals surface area contributed by atoms with E-state index in [2.05, 4.69) is 15.3 Å². The van der Waals surface area contributed by atoms with Gasteiger partial charge >= 0.3 is 0 Å². The molecule has 1 heterocycles. The highest BCUT2D eigenvalue weighted by Gasteiger charge is 2.04. The molecular formula is C17H13ClN4O2S. The molecule has 0 unspecified atom stereocenters.